The zero-order valence-electron chi connectivity index (χ0n) is 12.1. The van der Waals surface area contributed by atoms with Gasteiger partial charge in [0.2, 0.25) is 17.6 Å². The standard InChI is InChI=1S/C7H5F3N4O.C3H3F3N4/c1-3-2-4(15)14-6(11-3)12-5(13-14)7(8,9)10;4-3(5,6)1-8-2(7)10-9-1/h2H,1H3,(H,11,12,13);(H3,7,8,9,10). The van der Waals surface area contributed by atoms with Gasteiger partial charge in [0.05, 0.1) is 0 Å². The van der Waals surface area contributed by atoms with Crippen LogP contribution in [0.25, 0.3) is 5.78 Å². The average Bonchev–Trinajstić information content (AvgIpc) is 3.04. The summed E-state index contributed by atoms with van der Waals surface area (Å²) in [6, 6.07) is 1.12. The number of H-pyrrole nitrogens is 2. The van der Waals surface area contributed by atoms with E-state index in [-0.39, 0.29) is 5.78 Å². The number of hydrogen-bond acceptors (Lipinski definition) is 6. The first-order chi connectivity index (χ1) is 11.4. The summed E-state index contributed by atoms with van der Waals surface area (Å²) in [6.45, 7) is 1.50. The highest BCUT2D eigenvalue weighted by Gasteiger charge is 2.36. The number of aryl methyl sites for hydroxylation is 1. The van der Waals surface area contributed by atoms with Gasteiger partial charge in [-0.15, -0.1) is 5.10 Å². The summed E-state index contributed by atoms with van der Waals surface area (Å²) in [5.74, 6) is -3.11. The van der Waals surface area contributed by atoms with Crippen LogP contribution in [0.2, 0.25) is 0 Å². The number of fused-ring (bicyclic) bond motifs is 1. The van der Waals surface area contributed by atoms with E-state index < -0.39 is 35.5 Å². The first kappa shape index (κ1) is 18.2. The van der Waals surface area contributed by atoms with E-state index in [1.807, 2.05) is 5.10 Å². The van der Waals surface area contributed by atoms with Crippen molar-refractivity contribution in [1.29, 1.82) is 0 Å². The number of nitrogens with one attached hydrogen (secondary N) is 2. The van der Waals surface area contributed by atoms with E-state index in [9.17, 15) is 31.1 Å². The predicted octanol–water partition coefficient (Wildman–Crippen LogP) is 1.15. The fourth-order valence-corrected chi connectivity index (χ4v) is 1.52. The summed E-state index contributed by atoms with van der Waals surface area (Å²) < 4.78 is 72.1. The Hall–Kier alpha value is -3.13. The molecule has 3 aromatic rings. The number of hydrogen-bond donors (Lipinski definition) is 3. The molecule has 3 heterocycles. The van der Waals surface area contributed by atoms with Crippen LogP contribution in [0.3, 0.4) is 0 Å². The molecule has 25 heavy (non-hydrogen) atoms. The van der Waals surface area contributed by atoms with Crippen molar-refractivity contribution >= 4 is 11.7 Å². The molecule has 0 fully saturated rings. The number of nitrogens with two attached hydrogens (primary N) is 1. The number of nitrogens with zero attached hydrogens (tertiary/aromatic N) is 5. The Morgan fingerprint density at radius 3 is 2.08 bits per heavy atom. The van der Waals surface area contributed by atoms with Crippen LogP contribution < -0.4 is 11.3 Å². The number of anilines is 1. The predicted molar refractivity (Wildman–Crippen MR) is 69.1 cm³/mol. The number of aromatic amines is 2. The number of halogens is 6. The van der Waals surface area contributed by atoms with Gasteiger partial charge in [-0.25, -0.2) is 4.98 Å². The fourth-order valence-electron chi connectivity index (χ4n) is 1.52. The summed E-state index contributed by atoms with van der Waals surface area (Å²) >= 11 is 0. The zero-order chi connectivity index (χ0) is 19.0. The topological polar surface area (TPSA) is 131 Å². The van der Waals surface area contributed by atoms with Crippen molar-refractivity contribution in [2.75, 3.05) is 5.73 Å². The van der Waals surface area contributed by atoms with Gasteiger partial charge in [-0.2, -0.15) is 40.8 Å². The van der Waals surface area contributed by atoms with Gasteiger partial charge in [-0.05, 0) is 6.92 Å². The molecule has 15 heteroatoms. The third-order valence-corrected chi connectivity index (χ3v) is 2.50. The van der Waals surface area contributed by atoms with Crippen molar-refractivity contribution in [3.8, 4) is 0 Å². The van der Waals surface area contributed by atoms with Crippen molar-refractivity contribution in [2.45, 2.75) is 19.3 Å². The first-order valence-corrected chi connectivity index (χ1v) is 6.16. The monoisotopic (exact) mass is 370 g/mol. The van der Waals surface area contributed by atoms with Crippen LogP contribution in [0.15, 0.2) is 10.9 Å². The molecule has 0 aromatic carbocycles. The van der Waals surface area contributed by atoms with Gasteiger partial charge in [-0.1, -0.05) is 0 Å². The SMILES string of the molecule is Cc1cc(=O)n2[nH]c(C(F)(F)F)nc2n1.Nc1n[nH]c(C(F)(F)F)n1. The fraction of sp³-hybridized carbons (Fsp3) is 0.300. The van der Waals surface area contributed by atoms with Crippen LogP contribution >= 0.6 is 0 Å². The van der Waals surface area contributed by atoms with Gasteiger partial charge in [-0.3, -0.25) is 15.0 Å². The van der Waals surface area contributed by atoms with Crippen molar-refractivity contribution in [3.63, 3.8) is 0 Å². The lowest BCUT2D eigenvalue weighted by atomic mass is 10.5. The lowest BCUT2D eigenvalue weighted by Crippen LogP contribution is -2.15. The molecule has 0 saturated carbocycles. The number of nitrogen functional groups attached to an aromatic ring is 1. The van der Waals surface area contributed by atoms with Crippen LogP contribution in [-0.2, 0) is 12.4 Å². The van der Waals surface area contributed by atoms with Crippen molar-refractivity contribution in [1.82, 2.24) is 34.8 Å². The maximum atomic E-state index is 12.2. The average molecular weight is 370 g/mol. The van der Waals surface area contributed by atoms with Crippen LogP contribution in [0.5, 0.6) is 0 Å². The maximum Gasteiger partial charge on any atom is 0.451 e. The summed E-state index contributed by atoms with van der Waals surface area (Å²) in [5.41, 5.74) is 4.52. The van der Waals surface area contributed by atoms with E-state index in [1.54, 1.807) is 5.10 Å². The van der Waals surface area contributed by atoms with Gasteiger partial charge in [0.15, 0.2) is 0 Å². The number of aromatic nitrogens is 7. The highest BCUT2D eigenvalue weighted by atomic mass is 19.4. The normalized spacial score (nSPS) is 12.1. The van der Waals surface area contributed by atoms with Gasteiger partial charge in [0, 0.05) is 11.8 Å². The highest BCUT2D eigenvalue weighted by Crippen LogP contribution is 2.26. The molecule has 0 aliphatic carbocycles. The molecule has 0 amide bonds. The van der Waals surface area contributed by atoms with E-state index in [1.165, 1.54) is 6.92 Å². The molecular weight excluding hydrogens is 362 g/mol. The van der Waals surface area contributed by atoms with Crippen LogP contribution in [0, 0.1) is 6.92 Å². The molecule has 0 aliphatic heterocycles. The minimum absolute atomic E-state index is 0.285. The van der Waals surface area contributed by atoms with Crippen molar-refractivity contribution in [2.24, 2.45) is 0 Å². The first-order valence-electron chi connectivity index (χ1n) is 6.16. The Morgan fingerprint density at radius 2 is 1.64 bits per heavy atom. The van der Waals surface area contributed by atoms with Gasteiger partial charge in [0.1, 0.15) is 0 Å². The minimum atomic E-state index is -4.62. The summed E-state index contributed by atoms with van der Waals surface area (Å²) in [4.78, 5) is 21.0. The molecular formula is C10H8F6N8O. The third-order valence-electron chi connectivity index (χ3n) is 2.50. The summed E-state index contributed by atoms with van der Waals surface area (Å²) in [7, 11) is 0. The van der Waals surface area contributed by atoms with E-state index in [4.69, 9.17) is 5.73 Å². The van der Waals surface area contributed by atoms with Crippen molar-refractivity contribution in [3.05, 3.63) is 33.8 Å². The molecule has 0 aliphatic rings. The van der Waals surface area contributed by atoms with Crippen LogP contribution in [0.1, 0.15) is 17.3 Å². The Bertz CT molecular complexity index is 935. The molecule has 3 rings (SSSR count). The molecule has 0 spiro atoms. The Labute approximate surface area is 132 Å². The number of rotatable bonds is 0. The number of alkyl halides is 6. The van der Waals surface area contributed by atoms with Gasteiger partial charge >= 0.3 is 12.4 Å². The van der Waals surface area contributed by atoms with E-state index in [0.717, 1.165) is 6.07 Å². The van der Waals surface area contributed by atoms with Gasteiger partial charge < -0.3 is 5.73 Å². The Balaban J connectivity index is 0.000000196. The van der Waals surface area contributed by atoms with Gasteiger partial charge in [0.25, 0.3) is 11.3 Å². The van der Waals surface area contributed by atoms with E-state index in [0.29, 0.717) is 10.2 Å². The molecule has 0 radical (unpaired) electrons. The van der Waals surface area contributed by atoms with Crippen molar-refractivity contribution < 1.29 is 26.3 Å². The smallest absolute Gasteiger partial charge is 0.366 e. The van der Waals surface area contributed by atoms with Crippen LogP contribution in [0.4, 0.5) is 32.3 Å². The molecule has 9 nitrogen and oxygen atoms in total. The Morgan fingerprint density at radius 1 is 1.04 bits per heavy atom. The maximum absolute atomic E-state index is 12.2. The second kappa shape index (κ2) is 6.06. The second-order valence-electron chi connectivity index (χ2n) is 4.48. The Kier molecular flexibility index (Phi) is 4.42. The zero-order valence-corrected chi connectivity index (χ0v) is 12.1. The second-order valence-corrected chi connectivity index (χ2v) is 4.48. The third kappa shape index (κ3) is 4.24. The van der Waals surface area contributed by atoms with E-state index >= 15 is 0 Å². The largest absolute Gasteiger partial charge is 0.451 e. The summed E-state index contributed by atoms with van der Waals surface area (Å²) in [5, 5.41) is 6.48. The minimum Gasteiger partial charge on any atom is -0.366 e. The molecule has 4 N–H and O–H groups in total. The molecule has 0 saturated heterocycles. The molecule has 0 bridgehead atoms. The molecule has 0 atom stereocenters. The molecule has 0 unspecified atom stereocenters. The highest BCUT2D eigenvalue weighted by molar-refractivity contribution is 5.28. The summed E-state index contributed by atoms with van der Waals surface area (Å²) in [6.07, 6.45) is -9.11. The molecule has 136 valence electrons. The lowest BCUT2D eigenvalue weighted by molar-refractivity contribution is -0.145. The van der Waals surface area contributed by atoms with E-state index in [2.05, 4.69) is 20.1 Å². The quantitative estimate of drug-likeness (QED) is 0.509. The lowest BCUT2D eigenvalue weighted by Gasteiger charge is -1.98. The van der Waals surface area contributed by atoms with Crippen LogP contribution in [-0.4, -0.2) is 34.8 Å². The molecule has 3 aromatic heterocycles.